The van der Waals surface area contributed by atoms with E-state index in [0.29, 0.717) is 6.54 Å². The Hall–Kier alpha value is -1.94. The van der Waals surface area contributed by atoms with Crippen molar-refractivity contribution in [1.29, 1.82) is 0 Å². The van der Waals surface area contributed by atoms with Crippen LogP contribution in [0.3, 0.4) is 0 Å². The Labute approximate surface area is 163 Å². The summed E-state index contributed by atoms with van der Waals surface area (Å²) < 4.78 is 25.2. The largest absolute Gasteiger partial charge is 0.337 e. The number of hydrogen-bond donors (Lipinski definition) is 2. The Morgan fingerprint density at radius 2 is 2.15 bits per heavy atom. The lowest BCUT2D eigenvalue weighted by atomic mass is 10.1. The van der Waals surface area contributed by atoms with E-state index in [2.05, 4.69) is 49.2 Å². The minimum absolute atomic E-state index is 0.382. The SMILES string of the molecule is CS(=O)(=O)NCC1=CCCN(Cc2ccc3c(c2)Nc2nccnc2S3)C1. The second kappa shape index (κ2) is 7.59. The predicted octanol–water partition coefficient (Wildman–Crippen LogP) is 2.37. The number of aromatic nitrogens is 2. The van der Waals surface area contributed by atoms with E-state index in [9.17, 15) is 8.42 Å². The van der Waals surface area contributed by atoms with Crippen molar-refractivity contribution in [1.82, 2.24) is 19.6 Å². The Morgan fingerprint density at radius 1 is 1.30 bits per heavy atom. The van der Waals surface area contributed by atoms with Crippen molar-refractivity contribution in [2.45, 2.75) is 22.9 Å². The fraction of sp³-hybridized carbons (Fsp3) is 0.333. The van der Waals surface area contributed by atoms with Gasteiger partial charge in [0, 0.05) is 43.5 Å². The summed E-state index contributed by atoms with van der Waals surface area (Å²) in [5.41, 5.74) is 3.38. The van der Waals surface area contributed by atoms with Crippen LogP contribution in [-0.2, 0) is 16.6 Å². The Kier molecular flexibility index (Phi) is 5.18. The molecule has 2 aliphatic rings. The Balaban J connectivity index is 1.42. The smallest absolute Gasteiger partial charge is 0.208 e. The maximum absolute atomic E-state index is 11.3. The number of sulfonamides is 1. The molecule has 7 nitrogen and oxygen atoms in total. The van der Waals surface area contributed by atoms with Crippen molar-refractivity contribution in [3.8, 4) is 0 Å². The van der Waals surface area contributed by atoms with E-state index in [4.69, 9.17) is 0 Å². The zero-order chi connectivity index (χ0) is 18.9. The first-order valence-corrected chi connectivity index (χ1v) is 11.4. The molecule has 9 heteroatoms. The van der Waals surface area contributed by atoms with Gasteiger partial charge in [-0.2, -0.15) is 0 Å². The third-order valence-electron chi connectivity index (χ3n) is 4.44. The molecule has 0 bridgehead atoms. The molecule has 2 aliphatic heterocycles. The van der Waals surface area contributed by atoms with Crippen LogP contribution in [0.4, 0.5) is 11.5 Å². The fourth-order valence-corrected chi connectivity index (χ4v) is 4.53. The maximum Gasteiger partial charge on any atom is 0.208 e. The molecule has 1 aromatic carbocycles. The maximum atomic E-state index is 11.3. The third kappa shape index (κ3) is 4.67. The van der Waals surface area contributed by atoms with Gasteiger partial charge in [-0.3, -0.25) is 4.90 Å². The molecule has 0 saturated carbocycles. The number of anilines is 2. The minimum atomic E-state index is -3.17. The van der Waals surface area contributed by atoms with E-state index in [1.54, 1.807) is 24.2 Å². The van der Waals surface area contributed by atoms with Gasteiger partial charge in [0.25, 0.3) is 0 Å². The van der Waals surface area contributed by atoms with Crippen molar-refractivity contribution < 1.29 is 8.42 Å². The van der Waals surface area contributed by atoms with Crippen LogP contribution in [0, 0.1) is 0 Å². The number of fused-ring (bicyclic) bond motifs is 2. The number of rotatable bonds is 5. The number of benzene rings is 1. The van der Waals surface area contributed by atoms with Crippen molar-refractivity contribution in [3.05, 3.63) is 47.8 Å². The van der Waals surface area contributed by atoms with Crippen LogP contribution in [0.5, 0.6) is 0 Å². The van der Waals surface area contributed by atoms with Gasteiger partial charge in [0.05, 0.1) is 11.9 Å². The standard InChI is InChI=1S/C18H21N5O2S2/c1-27(24,25)21-10-14-3-2-8-23(12-14)11-13-4-5-16-15(9-13)22-17-18(26-16)20-7-6-19-17/h3-7,9,21H,2,8,10-12H2,1H3,(H,19,22). The molecule has 2 aromatic rings. The van der Waals surface area contributed by atoms with Gasteiger partial charge in [-0.05, 0) is 29.7 Å². The zero-order valence-electron chi connectivity index (χ0n) is 15.0. The molecule has 3 heterocycles. The minimum Gasteiger partial charge on any atom is -0.337 e. The first kappa shape index (κ1) is 18.4. The molecular weight excluding hydrogens is 382 g/mol. The predicted molar refractivity (Wildman–Crippen MR) is 107 cm³/mol. The van der Waals surface area contributed by atoms with E-state index in [-0.39, 0.29) is 0 Å². The molecular formula is C18H21N5O2S2. The van der Waals surface area contributed by atoms with Crippen LogP contribution in [0.15, 0.2) is 52.2 Å². The van der Waals surface area contributed by atoms with Crippen LogP contribution in [0.25, 0.3) is 0 Å². The summed E-state index contributed by atoms with van der Waals surface area (Å²) in [5, 5.41) is 4.25. The average molecular weight is 404 g/mol. The van der Waals surface area contributed by atoms with E-state index < -0.39 is 10.0 Å². The molecule has 2 N–H and O–H groups in total. The Morgan fingerprint density at radius 3 is 3.00 bits per heavy atom. The molecule has 4 rings (SSSR count). The summed E-state index contributed by atoms with van der Waals surface area (Å²) in [6.45, 7) is 2.95. The molecule has 0 aliphatic carbocycles. The van der Waals surface area contributed by atoms with Crippen molar-refractivity contribution in [2.24, 2.45) is 0 Å². The molecule has 0 unspecified atom stereocenters. The number of nitrogens with one attached hydrogen (secondary N) is 2. The van der Waals surface area contributed by atoms with Gasteiger partial charge in [0.15, 0.2) is 5.82 Å². The first-order chi connectivity index (χ1) is 13.0. The van der Waals surface area contributed by atoms with Gasteiger partial charge in [-0.15, -0.1) is 0 Å². The lowest BCUT2D eigenvalue weighted by Gasteiger charge is -2.28. The highest BCUT2D eigenvalue weighted by molar-refractivity contribution is 7.99. The quantitative estimate of drug-likeness (QED) is 0.633. The molecule has 0 amide bonds. The Bertz CT molecular complexity index is 991. The van der Waals surface area contributed by atoms with Gasteiger partial charge in [-0.1, -0.05) is 23.9 Å². The summed E-state index contributed by atoms with van der Waals surface area (Å²) >= 11 is 1.62. The average Bonchev–Trinajstić information content (AvgIpc) is 2.64. The number of nitrogens with zero attached hydrogens (tertiary/aromatic N) is 3. The van der Waals surface area contributed by atoms with Crippen LogP contribution < -0.4 is 10.0 Å². The topological polar surface area (TPSA) is 87.2 Å². The molecule has 1 aromatic heterocycles. The highest BCUT2D eigenvalue weighted by atomic mass is 32.2. The molecule has 0 fully saturated rings. The second-order valence-electron chi connectivity index (χ2n) is 6.72. The highest BCUT2D eigenvalue weighted by Crippen LogP contribution is 2.42. The van der Waals surface area contributed by atoms with E-state index in [1.807, 2.05) is 0 Å². The lowest BCUT2D eigenvalue weighted by molar-refractivity contribution is 0.280. The summed E-state index contributed by atoms with van der Waals surface area (Å²) in [7, 11) is -3.17. The summed E-state index contributed by atoms with van der Waals surface area (Å²) in [5.74, 6) is 0.794. The normalized spacial score (nSPS) is 16.9. The van der Waals surface area contributed by atoms with E-state index in [1.165, 1.54) is 11.8 Å². The molecule has 0 saturated heterocycles. The van der Waals surface area contributed by atoms with Crippen molar-refractivity contribution in [3.63, 3.8) is 0 Å². The van der Waals surface area contributed by atoms with E-state index in [0.717, 1.165) is 53.1 Å². The fourth-order valence-electron chi connectivity index (χ4n) is 3.21. The zero-order valence-corrected chi connectivity index (χ0v) is 16.6. The lowest BCUT2D eigenvalue weighted by Crippen LogP contribution is -2.34. The van der Waals surface area contributed by atoms with Crippen LogP contribution in [0.2, 0.25) is 0 Å². The second-order valence-corrected chi connectivity index (χ2v) is 9.59. The van der Waals surface area contributed by atoms with Crippen LogP contribution in [-0.4, -0.2) is 49.2 Å². The van der Waals surface area contributed by atoms with Gasteiger partial charge < -0.3 is 5.32 Å². The number of hydrogen-bond acceptors (Lipinski definition) is 7. The summed E-state index contributed by atoms with van der Waals surface area (Å²) in [6, 6.07) is 6.42. The van der Waals surface area contributed by atoms with Gasteiger partial charge >= 0.3 is 0 Å². The molecule has 142 valence electrons. The van der Waals surface area contributed by atoms with Gasteiger partial charge in [0.2, 0.25) is 10.0 Å². The third-order valence-corrected chi connectivity index (χ3v) is 6.18. The van der Waals surface area contributed by atoms with E-state index >= 15 is 0 Å². The van der Waals surface area contributed by atoms with Crippen molar-refractivity contribution in [2.75, 3.05) is 31.2 Å². The summed E-state index contributed by atoms with van der Waals surface area (Å²) in [4.78, 5) is 12.2. The molecule has 27 heavy (non-hydrogen) atoms. The van der Waals surface area contributed by atoms with Crippen LogP contribution in [0.1, 0.15) is 12.0 Å². The monoisotopic (exact) mass is 403 g/mol. The highest BCUT2D eigenvalue weighted by Gasteiger charge is 2.19. The van der Waals surface area contributed by atoms with Crippen molar-refractivity contribution >= 4 is 33.3 Å². The van der Waals surface area contributed by atoms with Crippen LogP contribution >= 0.6 is 11.8 Å². The summed E-state index contributed by atoms with van der Waals surface area (Å²) in [6.07, 6.45) is 7.65. The van der Waals surface area contributed by atoms with Gasteiger partial charge in [0.1, 0.15) is 5.03 Å². The van der Waals surface area contributed by atoms with Gasteiger partial charge in [-0.25, -0.2) is 23.1 Å². The molecule has 0 atom stereocenters. The molecule has 0 radical (unpaired) electrons. The first-order valence-electron chi connectivity index (χ1n) is 8.70. The molecule has 0 spiro atoms.